The summed E-state index contributed by atoms with van der Waals surface area (Å²) in [6.07, 6.45) is -0.00618. The quantitative estimate of drug-likeness (QED) is 0.551. The lowest BCUT2D eigenvalue weighted by atomic mass is 10.1. The van der Waals surface area contributed by atoms with E-state index in [0.717, 1.165) is 11.3 Å². The minimum absolute atomic E-state index is 0.178. The first kappa shape index (κ1) is 19.8. The molecule has 0 bridgehead atoms. The number of rotatable bonds is 7. The highest BCUT2D eigenvalue weighted by Gasteiger charge is 2.21. The monoisotopic (exact) mass is 357 g/mol. The number of nitrogens with one attached hydrogen (secondary N) is 2. The molecular weight excluding hydrogens is 334 g/mol. The van der Waals surface area contributed by atoms with E-state index in [0.29, 0.717) is 16.3 Å². The van der Waals surface area contributed by atoms with Crippen molar-refractivity contribution in [3.63, 3.8) is 0 Å². The lowest BCUT2D eigenvalue weighted by Gasteiger charge is -2.20. The van der Waals surface area contributed by atoms with E-state index in [4.69, 9.17) is 10.5 Å². The van der Waals surface area contributed by atoms with E-state index >= 15 is 0 Å². The van der Waals surface area contributed by atoms with Crippen molar-refractivity contribution in [3.05, 3.63) is 17.0 Å². The number of carbonyl (C=O) groups excluding carboxylic acids is 2. The number of hydrogen-bond donors (Lipinski definition) is 4. The van der Waals surface area contributed by atoms with Gasteiger partial charge in [0.1, 0.15) is 11.6 Å². The number of ether oxygens (including phenoxy) is 1. The van der Waals surface area contributed by atoms with Crippen LogP contribution in [-0.4, -0.2) is 41.3 Å². The number of carbonyl (C=O) groups is 3. The highest BCUT2D eigenvalue weighted by molar-refractivity contribution is 7.17. The summed E-state index contributed by atoms with van der Waals surface area (Å²) in [6, 6.07) is 2.08. The molecule has 8 nitrogen and oxygen atoms in total. The molecule has 0 spiro atoms. The number of thiophene rings is 1. The number of carboxylic acids is 1. The van der Waals surface area contributed by atoms with Gasteiger partial charge in [0, 0.05) is 6.54 Å². The van der Waals surface area contributed by atoms with Gasteiger partial charge in [-0.25, -0.2) is 9.59 Å². The van der Waals surface area contributed by atoms with Gasteiger partial charge in [-0.3, -0.25) is 4.79 Å². The molecule has 0 saturated carbocycles. The van der Waals surface area contributed by atoms with E-state index in [1.807, 2.05) is 0 Å². The van der Waals surface area contributed by atoms with Crippen molar-refractivity contribution in [2.24, 2.45) is 0 Å². The average molecular weight is 357 g/mol. The molecule has 1 aromatic rings. The maximum Gasteiger partial charge on any atom is 0.407 e. The molecule has 0 fully saturated rings. The fourth-order valence-electron chi connectivity index (χ4n) is 1.77. The van der Waals surface area contributed by atoms with Gasteiger partial charge in [-0.1, -0.05) is 0 Å². The second-order valence-corrected chi connectivity index (χ2v) is 7.25. The first-order chi connectivity index (χ1) is 11.1. The predicted octanol–water partition coefficient (Wildman–Crippen LogP) is 1.82. The van der Waals surface area contributed by atoms with E-state index in [1.165, 1.54) is 6.07 Å². The van der Waals surface area contributed by atoms with Gasteiger partial charge < -0.3 is 26.2 Å². The molecule has 0 aliphatic rings. The molecule has 2 amide bonds. The van der Waals surface area contributed by atoms with Gasteiger partial charge in [0.15, 0.2) is 0 Å². The minimum Gasteiger partial charge on any atom is -0.480 e. The van der Waals surface area contributed by atoms with Crippen LogP contribution in [0.2, 0.25) is 0 Å². The Morgan fingerprint density at radius 1 is 1.33 bits per heavy atom. The molecule has 0 aliphatic heterocycles. The van der Waals surface area contributed by atoms with Crippen LogP contribution in [0.5, 0.6) is 0 Å². The van der Waals surface area contributed by atoms with E-state index in [-0.39, 0.29) is 13.0 Å². The van der Waals surface area contributed by atoms with Gasteiger partial charge in [-0.2, -0.15) is 0 Å². The number of amides is 2. The summed E-state index contributed by atoms with van der Waals surface area (Å²) in [6.45, 7) is 5.50. The van der Waals surface area contributed by atoms with Crippen molar-refractivity contribution in [1.29, 1.82) is 0 Å². The zero-order valence-corrected chi connectivity index (χ0v) is 14.7. The number of aliphatic carboxylic acids is 1. The van der Waals surface area contributed by atoms with E-state index in [9.17, 15) is 19.5 Å². The Balaban J connectivity index is 2.40. The number of alkyl carbamates (subject to hydrolysis) is 1. The summed E-state index contributed by atoms with van der Waals surface area (Å²) < 4.78 is 5.07. The maximum atomic E-state index is 12.0. The van der Waals surface area contributed by atoms with Crippen LogP contribution >= 0.6 is 11.3 Å². The van der Waals surface area contributed by atoms with Crippen molar-refractivity contribution >= 4 is 34.3 Å². The first-order valence-electron chi connectivity index (χ1n) is 7.44. The molecule has 1 aromatic heterocycles. The Kier molecular flexibility index (Phi) is 7.02. The van der Waals surface area contributed by atoms with Gasteiger partial charge in [0.05, 0.1) is 9.88 Å². The lowest BCUT2D eigenvalue weighted by Crippen LogP contribution is -2.41. The van der Waals surface area contributed by atoms with Crippen molar-refractivity contribution in [1.82, 2.24) is 10.6 Å². The molecular formula is C15H23N3O5S. The van der Waals surface area contributed by atoms with Gasteiger partial charge in [-0.05, 0) is 45.7 Å². The van der Waals surface area contributed by atoms with Crippen molar-refractivity contribution in [3.8, 4) is 0 Å². The molecule has 1 heterocycles. The Labute approximate surface area is 144 Å². The Hall–Kier alpha value is -2.29. The van der Waals surface area contributed by atoms with Crippen LogP contribution in [-0.2, 0) is 9.53 Å². The number of nitrogens with two attached hydrogens (primary N) is 1. The summed E-state index contributed by atoms with van der Waals surface area (Å²) in [7, 11) is 0. The third-order valence-corrected chi connectivity index (χ3v) is 3.70. The van der Waals surface area contributed by atoms with E-state index in [1.54, 1.807) is 26.8 Å². The minimum atomic E-state index is -1.13. The summed E-state index contributed by atoms with van der Waals surface area (Å²) in [5.74, 6) is -1.62. The second kappa shape index (κ2) is 8.53. The smallest absolute Gasteiger partial charge is 0.407 e. The SMILES string of the molecule is CC(C)(C)OC(=O)NCCCC(NC(=O)c1ccc(N)s1)C(=O)O. The van der Waals surface area contributed by atoms with E-state index < -0.39 is 29.6 Å². The Morgan fingerprint density at radius 2 is 2.00 bits per heavy atom. The molecule has 0 aromatic carbocycles. The van der Waals surface area contributed by atoms with Gasteiger partial charge in [-0.15, -0.1) is 11.3 Å². The summed E-state index contributed by atoms with van der Waals surface area (Å²) in [5, 5.41) is 14.7. The molecule has 134 valence electrons. The van der Waals surface area contributed by atoms with Crippen molar-refractivity contribution < 1.29 is 24.2 Å². The third-order valence-electron chi connectivity index (χ3n) is 2.79. The van der Waals surface area contributed by atoms with Crippen LogP contribution < -0.4 is 16.4 Å². The number of nitrogen functional groups attached to an aromatic ring is 1. The van der Waals surface area contributed by atoms with Crippen LogP contribution in [0, 0.1) is 0 Å². The first-order valence-corrected chi connectivity index (χ1v) is 8.26. The summed E-state index contributed by atoms with van der Waals surface area (Å²) >= 11 is 1.09. The lowest BCUT2D eigenvalue weighted by molar-refractivity contribution is -0.139. The Morgan fingerprint density at radius 3 is 2.50 bits per heavy atom. The van der Waals surface area contributed by atoms with Crippen LogP contribution in [0.15, 0.2) is 12.1 Å². The zero-order chi connectivity index (χ0) is 18.3. The molecule has 1 atom stereocenters. The van der Waals surface area contributed by atoms with Crippen LogP contribution in [0.1, 0.15) is 43.3 Å². The molecule has 0 radical (unpaired) electrons. The van der Waals surface area contributed by atoms with Gasteiger partial charge in [0.2, 0.25) is 0 Å². The maximum absolute atomic E-state index is 12.0. The molecule has 1 unspecified atom stereocenters. The number of anilines is 1. The average Bonchev–Trinajstić information content (AvgIpc) is 2.86. The molecule has 1 rings (SSSR count). The fourth-order valence-corrected chi connectivity index (χ4v) is 2.45. The van der Waals surface area contributed by atoms with Crippen LogP contribution in [0.25, 0.3) is 0 Å². The molecule has 0 aliphatic carbocycles. The topological polar surface area (TPSA) is 131 Å². The number of hydrogen-bond acceptors (Lipinski definition) is 6. The van der Waals surface area contributed by atoms with Gasteiger partial charge in [0.25, 0.3) is 5.91 Å². The second-order valence-electron chi connectivity index (χ2n) is 6.14. The van der Waals surface area contributed by atoms with E-state index in [2.05, 4.69) is 10.6 Å². The normalized spacial score (nSPS) is 12.3. The fraction of sp³-hybridized carbons (Fsp3) is 0.533. The number of carboxylic acid groups (broad SMARTS) is 1. The molecule has 24 heavy (non-hydrogen) atoms. The van der Waals surface area contributed by atoms with Crippen LogP contribution in [0.4, 0.5) is 9.80 Å². The standard InChI is InChI=1S/C15H23N3O5S/c1-15(2,3)23-14(22)17-8-4-5-9(13(20)21)18-12(19)10-6-7-11(16)24-10/h6-7,9H,4-5,8,16H2,1-3H3,(H,17,22)(H,18,19)(H,20,21). The highest BCUT2D eigenvalue weighted by Crippen LogP contribution is 2.18. The van der Waals surface area contributed by atoms with Crippen molar-refractivity contribution in [2.45, 2.75) is 45.3 Å². The molecule has 0 saturated heterocycles. The molecule has 9 heteroatoms. The predicted molar refractivity (Wildman–Crippen MR) is 91.1 cm³/mol. The summed E-state index contributed by atoms with van der Waals surface area (Å²) in [5.41, 5.74) is 4.95. The highest BCUT2D eigenvalue weighted by atomic mass is 32.1. The van der Waals surface area contributed by atoms with Crippen LogP contribution in [0.3, 0.4) is 0 Å². The van der Waals surface area contributed by atoms with Crippen molar-refractivity contribution in [2.75, 3.05) is 12.3 Å². The third kappa shape index (κ3) is 7.32. The summed E-state index contributed by atoms with van der Waals surface area (Å²) in [4.78, 5) is 35.0. The molecule has 5 N–H and O–H groups in total. The van der Waals surface area contributed by atoms with Gasteiger partial charge >= 0.3 is 12.1 Å². The zero-order valence-electron chi connectivity index (χ0n) is 13.9. The largest absolute Gasteiger partial charge is 0.480 e. The Bertz CT molecular complexity index is 594.